The fraction of sp³-hybridized carbons (Fsp3) is 0.389. The van der Waals surface area contributed by atoms with Crippen LogP contribution in [-0.4, -0.2) is 26.4 Å². The average molecular weight is 362 g/mol. The minimum atomic E-state index is -2.79. The number of imide groups is 1. The molecule has 0 aliphatic carbocycles. The number of aromatic nitrogens is 2. The molecule has 1 aliphatic heterocycles. The Bertz CT molecular complexity index is 819. The Morgan fingerprint density at radius 3 is 2.54 bits per heavy atom. The quantitative estimate of drug-likeness (QED) is 0.803. The predicted octanol–water partition coefficient (Wildman–Crippen LogP) is 3.20. The summed E-state index contributed by atoms with van der Waals surface area (Å²) < 4.78 is 26.6. The Kier molecular flexibility index (Phi) is 4.76. The van der Waals surface area contributed by atoms with Crippen molar-refractivity contribution in [2.45, 2.75) is 45.3 Å². The Hall–Kier alpha value is -2.77. The lowest BCUT2D eigenvalue weighted by Crippen LogP contribution is -2.40. The third-order valence-corrected chi connectivity index (χ3v) is 4.60. The van der Waals surface area contributed by atoms with E-state index < -0.39 is 24.0 Å². The molecule has 1 aromatic carbocycles. The number of hydrogen-bond acceptors (Lipinski definition) is 3. The molecule has 1 atom stereocenters. The molecule has 6 nitrogen and oxygen atoms in total. The molecule has 3 rings (SSSR count). The Labute approximate surface area is 149 Å². The molecule has 1 saturated heterocycles. The lowest BCUT2D eigenvalue weighted by molar-refractivity contribution is -0.131. The number of carbonyl (C=O) groups is 2. The maximum absolute atomic E-state index is 13.0. The van der Waals surface area contributed by atoms with Crippen LogP contribution in [-0.2, 0) is 23.3 Å². The van der Waals surface area contributed by atoms with Gasteiger partial charge in [-0.3, -0.25) is 14.3 Å². The first-order valence-electron chi connectivity index (χ1n) is 8.40. The van der Waals surface area contributed by atoms with E-state index in [-0.39, 0.29) is 12.4 Å². The van der Waals surface area contributed by atoms with Crippen LogP contribution in [0.1, 0.15) is 43.8 Å². The monoisotopic (exact) mass is 362 g/mol. The lowest BCUT2D eigenvalue weighted by Gasteiger charge is -2.22. The van der Waals surface area contributed by atoms with Crippen molar-refractivity contribution in [2.75, 3.05) is 0 Å². The smallest absolute Gasteiger partial charge is 0.319 e. The first-order valence-corrected chi connectivity index (χ1v) is 8.40. The van der Waals surface area contributed by atoms with E-state index >= 15 is 0 Å². The number of amides is 3. The molecule has 138 valence electrons. The second-order valence-corrected chi connectivity index (χ2v) is 6.42. The average Bonchev–Trinajstić information content (AvgIpc) is 3.15. The van der Waals surface area contributed by atoms with Crippen LogP contribution in [0.4, 0.5) is 13.6 Å². The number of aryl methyl sites for hydroxylation is 1. The van der Waals surface area contributed by atoms with Gasteiger partial charge in [0.1, 0.15) is 11.4 Å². The normalized spacial score (nSPS) is 20.1. The van der Waals surface area contributed by atoms with Crippen molar-refractivity contribution in [3.63, 3.8) is 0 Å². The molecule has 0 spiro atoms. The Morgan fingerprint density at radius 1 is 1.23 bits per heavy atom. The maximum atomic E-state index is 13.0. The molecule has 2 aromatic rings. The van der Waals surface area contributed by atoms with E-state index in [4.69, 9.17) is 0 Å². The van der Waals surface area contributed by atoms with Gasteiger partial charge in [-0.2, -0.15) is 8.78 Å². The highest BCUT2D eigenvalue weighted by Crippen LogP contribution is 2.30. The summed E-state index contributed by atoms with van der Waals surface area (Å²) in [5, 5.41) is 2.67. The van der Waals surface area contributed by atoms with Gasteiger partial charge in [-0.15, -0.1) is 0 Å². The molecule has 3 amide bonds. The van der Waals surface area contributed by atoms with Gasteiger partial charge in [0.05, 0.1) is 6.54 Å². The maximum Gasteiger partial charge on any atom is 0.325 e. The molecule has 0 saturated carbocycles. The van der Waals surface area contributed by atoms with Crippen molar-refractivity contribution in [3.8, 4) is 0 Å². The molecule has 1 unspecified atom stereocenters. The number of urea groups is 1. The van der Waals surface area contributed by atoms with Crippen LogP contribution in [0.3, 0.4) is 0 Å². The van der Waals surface area contributed by atoms with Gasteiger partial charge in [0.2, 0.25) is 0 Å². The summed E-state index contributed by atoms with van der Waals surface area (Å²) in [6, 6.07) is 6.85. The van der Waals surface area contributed by atoms with Gasteiger partial charge >= 0.3 is 12.6 Å². The fourth-order valence-corrected chi connectivity index (χ4v) is 3.12. The molecule has 1 N–H and O–H groups in total. The van der Waals surface area contributed by atoms with E-state index in [9.17, 15) is 18.4 Å². The summed E-state index contributed by atoms with van der Waals surface area (Å²) in [4.78, 5) is 29.9. The number of halogens is 2. The summed E-state index contributed by atoms with van der Waals surface area (Å²) in [7, 11) is 0. The van der Waals surface area contributed by atoms with Crippen molar-refractivity contribution in [1.82, 2.24) is 19.8 Å². The molecular weight excluding hydrogens is 342 g/mol. The number of rotatable bonds is 6. The summed E-state index contributed by atoms with van der Waals surface area (Å²) in [6.07, 6.45) is 4.27. The van der Waals surface area contributed by atoms with Crippen molar-refractivity contribution in [2.24, 2.45) is 0 Å². The van der Waals surface area contributed by atoms with Gasteiger partial charge in [0.25, 0.3) is 5.91 Å². The van der Waals surface area contributed by atoms with E-state index in [2.05, 4.69) is 17.2 Å². The highest BCUT2D eigenvalue weighted by atomic mass is 19.3. The van der Waals surface area contributed by atoms with E-state index in [0.29, 0.717) is 10.1 Å². The number of alkyl halides is 2. The predicted molar refractivity (Wildman–Crippen MR) is 90.4 cm³/mol. The molecule has 1 aromatic heterocycles. The Morgan fingerprint density at radius 2 is 1.92 bits per heavy atom. The minimum absolute atomic E-state index is 0.0500. The number of nitrogens with one attached hydrogen (secondary N) is 1. The van der Waals surface area contributed by atoms with Crippen LogP contribution in [0.2, 0.25) is 0 Å². The van der Waals surface area contributed by atoms with E-state index in [1.807, 2.05) is 24.3 Å². The van der Waals surface area contributed by atoms with Gasteiger partial charge in [-0.1, -0.05) is 37.6 Å². The standard InChI is InChI=1S/C18H20F2N4O2/c1-3-4-12-5-7-13(8-6-12)18(2)15(25)24(17(26)22-18)11-14-21-9-10-23(14)16(19)20/h5-10,16H,3-4,11H2,1-2H3,(H,22,26). The van der Waals surface area contributed by atoms with E-state index in [0.717, 1.165) is 29.5 Å². The number of nitrogens with zero attached hydrogens (tertiary/aromatic N) is 3. The lowest BCUT2D eigenvalue weighted by atomic mass is 9.91. The number of benzene rings is 1. The van der Waals surface area contributed by atoms with Gasteiger partial charge in [0, 0.05) is 12.4 Å². The molecule has 1 fully saturated rings. The van der Waals surface area contributed by atoms with Crippen molar-refractivity contribution >= 4 is 11.9 Å². The zero-order valence-corrected chi connectivity index (χ0v) is 14.6. The van der Waals surface area contributed by atoms with Crippen LogP contribution >= 0.6 is 0 Å². The molecule has 26 heavy (non-hydrogen) atoms. The van der Waals surface area contributed by atoms with Gasteiger partial charge < -0.3 is 5.32 Å². The van der Waals surface area contributed by atoms with Gasteiger partial charge in [0.15, 0.2) is 0 Å². The number of imidazole rings is 1. The van der Waals surface area contributed by atoms with Crippen LogP contribution in [0.25, 0.3) is 0 Å². The van der Waals surface area contributed by atoms with Crippen LogP contribution in [0, 0.1) is 0 Å². The summed E-state index contributed by atoms with van der Waals surface area (Å²) in [6.45, 7) is 0.593. The van der Waals surface area contributed by atoms with Crippen molar-refractivity contribution in [3.05, 3.63) is 53.6 Å². The van der Waals surface area contributed by atoms with Crippen LogP contribution in [0.5, 0.6) is 0 Å². The van der Waals surface area contributed by atoms with Crippen molar-refractivity contribution < 1.29 is 18.4 Å². The zero-order chi connectivity index (χ0) is 18.9. The third-order valence-electron chi connectivity index (χ3n) is 4.60. The fourth-order valence-electron chi connectivity index (χ4n) is 3.12. The van der Waals surface area contributed by atoms with Crippen LogP contribution < -0.4 is 5.32 Å². The molecule has 2 heterocycles. The highest BCUT2D eigenvalue weighted by molar-refractivity contribution is 6.07. The minimum Gasteiger partial charge on any atom is -0.319 e. The largest absolute Gasteiger partial charge is 0.325 e. The van der Waals surface area contributed by atoms with E-state index in [1.54, 1.807) is 6.92 Å². The summed E-state index contributed by atoms with van der Waals surface area (Å²) in [5.41, 5.74) is 0.562. The molecule has 8 heteroatoms. The van der Waals surface area contributed by atoms with Crippen molar-refractivity contribution in [1.29, 1.82) is 0 Å². The summed E-state index contributed by atoms with van der Waals surface area (Å²) >= 11 is 0. The van der Waals surface area contributed by atoms with E-state index in [1.165, 1.54) is 6.20 Å². The van der Waals surface area contributed by atoms with Gasteiger partial charge in [-0.05, 0) is 24.5 Å². The molecule has 0 radical (unpaired) electrons. The summed E-state index contributed by atoms with van der Waals surface area (Å²) in [5.74, 6) is -0.541. The first kappa shape index (κ1) is 18.0. The first-order chi connectivity index (χ1) is 12.4. The number of carbonyl (C=O) groups excluding carboxylic acids is 2. The highest BCUT2D eigenvalue weighted by Gasteiger charge is 2.49. The second kappa shape index (κ2) is 6.86. The second-order valence-electron chi connectivity index (χ2n) is 6.42. The zero-order valence-electron chi connectivity index (χ0n) is 14.6. The Balaban J connectivity index is 1.84. The number of hydrogen-bond donors (Lipinski definition) is 1. The molecule has 1 aliphatic rings. The molecular formula is C18H20F2N4O2. The SMILES string of the molecule is CCCc1ccc(C2(C)NC(=O)N(Cc3nccn3C(F)F)C2=O)cc1. The topological polar surface area (TPSA) is 67.2 Å². The van der Waals surface area contributed by atoms with Crippen LogP contribution in [0.15, 0.2) is 36.7 Å². The van der Waals surface area contributed by atoms with Gasteiger partial charge in [-0.25, -0.2) is 9.78 Å². The molecule has 0 bridgehead atoms. The third kappa shape index (κ3) is 3.07.